The number of hydrogen-bond acceptors (Lipinski definition) is 7. The molecule has 0 aromatic heterocycles. The van der Waals surface area contributed by atoms with Crippen molar-refractivity contribution in [1.82, 2.24) is 0 Å². The number of carbonyl (C=O) groups is 1. The van der Waals surface area contributed by atoms with Crippen LogP contribution in [-0.4, -0.2) is 35.5 Å². The van der Waals surface area contributed by atoms with Crippen molar-refractivity contribution < 1.29 is 34.3 Å². The van der Waals surface area contributed by atoms with E-state index in [0.29, 0.717) is 17.1 Å². The van der Waals surface area contributed by atoms with Gasteiger partial charge in [-0.25, -0.2) is 0 Å². The molecule has 1 atom stereocenters. The van der Waals surface area contributed by atoms with E-state index < -0.39 is 5.97 Å². The van der Waals surface area contributed by atoms with Gasteiger partial charge in [-0.05, 0) is 47.0 Å². The summed E-state index contributed by atoms with van der Waals surface area (Å²) in [6.45, 7) is 0. The molecule has 0 saturated carbocycles. The molecule has 3 aromatic rings. The molecule has 0 saturated heterocycles. The molecule has 7 nitrogen and oxygen atoms in total. The fraction of sp³-hybridized carbons (Fsp3) is 0.160. The Morgan fingerprint density at radius 1 is 0.906 bits per heavy atom. The van der Waals surface area contributed by atoms with Crippen LogP contribution in [0, 0.1) is 0 Å². The summed E-state index contributed by atoms with van der Waals surface area (Å²) in [5.74, 6) is 0.135. The Morgan fingerprint density at radius 3 is 2.31 bits per heavy atom. The third kappa shape index (κ3) is 4.05. The second-order valence-electron chi connectivity index (χ2n) is 7.37. The molecular weight excluding hydrogens is 412 g/mol. The molecule has 0 spiro atoms. The molecule has 0 unspecified atom stereocenters. The lowest BCUT2D eigenvalue weighted by Crippen LogP contribution is -2.22. The van der Waals surface area contributed by atoms with Gasteiger partial charge in [-0.2, -0.15) is 0 Å². The summed E-state index contributed by atoms with van der Waals surface area (Å²) in [5, 5.41) is 30.0. The van der Waals surface area contributed by atoms with Crippen LogP contribution in [0.2, 0.25) is 0 Å². The Bertz CT molecular complexity index is 1210. The molecule has 0 radical (unpaired) electrons. The summed E-state index contributed by atoms with van der Waals surface area (Å²) in [5.41, 5.74) is 2.94. The van der Waals surface area contributed by atoms with Gasteiger partial charge in [0.1, 0.15) is 11.5 Å². The second-order valence-corrected chi connectivity index (χ2v) is 7.37. The molecule has 3 aromatic carbocycles. The molecule has 32 heavy (non-hydrogen) atoms. The van der Waals surface area contributed by atoms with Crippen LogP contribution in [0.5, 0.6) is 34.5 Å². The number of esters is 1. The van der Waals surface area contributed by atoms with Gasteiger partial charge in [0.25, 0.3) is 0 Å². The molecule has 0 bridgehead atoms. The Balaban J connectivity index is 1.81. The Labute approximate surface area is 184 Å². The van der Waals surface area contributed by atoms with Gasteiger partial charge in [-0.15, -0.1) is 0 Å². The van der Waals surface area contributed by atoms with Crippen LogP contribution in [0.4, 0.5) is 0 Å². The topological polar surface area (TPSA) is 105 Å². The standard InChI is InChI=1S/C25H22O7/c1-30-21-9-14(4-7-19(21)27)3-5-16-10-17(26)12-23-25(16)18(13-24(29)32-23)15-6-8-20(28)22(11-15)31-2/h3-12,18,26-28H,13H2,1-2H3/b5-3+/t18-/m1/s1. The number of phenolic OH excluding ortho intramolecular Hbond substituents is 3. The van der Waals surface area contributed by atoms with E-state index in [9.17, 15) is 20.1 Å². The number of aromatic hydroxyl groups is 3. The maximum atomic E-state index is 12.3. The smallest absolute Gasteiger partial charge is 0.312 e. The summed E-state index contributed by atoms with van der Waals surface area (Å²) in [4.78, 5) is 12.3. The van der Waals surface area contributed by atoms with Gasteiger partial charge in [0, 0.05) is 17.5 Å². The summed E-state index contributed by atoms with van der Waals surface area (Å²) in [7, 11) is 2.93. The van der Waals surface area contributed by atoms with Crippen LogP contribution in [0.3, 0.4) is 0 Å². The Kier molecular flexibility index (Phi) is 5.64. The predicted octanol–water partition coefficient (Wildman–Crippen LogP) is 4.43. The number of carbonyl (C=O) groups excluding carboxylic acids is 1. The third-order valence-corrected chi connectivity index (χ3v) is 5.37. The number of phenols is 3. The molecule has 1 aliphatic rings. The lowest BCUT2D eigenvalue weighted by Gasteiger charge is -2.27. The highest BCUT2D eigenvalue weighted by Gasteiger charge is 2.31. The van der Waals surface area contributed by atoms with E-state index in [-0.39, 0.29) is 35.3 Å². The van der Waals surface area contributed by atoms with Crippen molar-refractivity contribution in [2.75, 3.05) is 14.2 Å². The van der Waals surface area contributed by atoms with Crippen molar-refractivity contribution in [2.24, 2.45) is 0 Å². The highest BCUT2D eigenvalue weighted by atomic mass is 16.5. The van der Waals surface area contributed by atoms with Gasteiger partial charge in [-0.3, -0.25) is 4.79 Å². The molecule has 0 aliphatic carbocycles. The number of methoxy groups -OCH3 is 2. The van der Waals surface area contributed by atoms with Crippen molar-refractivity contribution in [3.05, 3.63) is 70.8 Å². The fourth-order valence-corrected chi connectivity index (χ4v) is 3.84. The number of ether oxygens (including phenoxy) is 3. The summed E-state index contributed by atoms with van der Waals surface area (Å²) in [6, 6.07) is 12.9. The van der Waals surface area contributed by atoms with Gasteiger partial charge in [0.05, 0.1) is 20.6 Å². The van der Waals surface area contributed by atoms with E-state index in [1.165, 1.54) is 32.4 Å². The minimum atomic E-state index is -0.418. The first-order chi connectivity index (χ1) is 15.4. The van der Waals surface area contributed by atoms with E-state index in [2.05, 4.69) is 0 Å². The molecule has 7 heteroatoms. The number of rotatable bonds is 5. The van der Waals surface area contributed by atoms with E-state index >= 15 is 0 Å². The zero-order chi connectivity index (χ0) is 22.8. The van der Waals surface area contributed by atoms with Crippen LogP contribution in [0.25, 0.3) is 12.2 Å². The molecule has 4 rings (SSSR count). The highest BCUT2D eigenvalue weighted by Crippen LogP contribution is 2.45. The minimum absolute atomic E-state index is 0.00182. The van der Waals surface area contributed by atoms with E-state index in [0.717, 1.165) is 16.7 Å². The molecule has 0 fully saturated rings. The maximum absolute atomic E-state index is 12.3. The Hall–Kier alpha value is -4.13. The fourth-order valence-electron chi connectivity index (χ4n) is 3.84. The zero-order valence-corrected chi connectivity index (χ0v) is 17.5. The molecule has 0 amide bonds. The van der Waals surface area contributed by atoms with Crippen molar-refractivity contribution in [3.63, 3.8) is 0 Å². The zero-order valence-electron chi connectivity index (χ0n) is 17.5. The first-order valence-electron chi connectivity index (χ1n) is 9.89. The molecule has 164 valence electrons. The van der Waals surface area contributed by atoms with E-state index in [1.807, 2.05) is 6.08 Å². The highest BCUT2D eigenvalue weighted by molar-refractivity contribution is 5.82. The van der Waals surface area contributed by atoms with Gasteiger partial charge in [0.15, 0.2) is 23.0 Å². The number of benzene rings is 3. The molecule has 3 N–H and O–H groups in total. The lowest BCUT2D eigenvalue weighted by atomic mass is 9.83. The summed E-state index contributed by atoms with van der Waals surface area (Å²) in [6.07, 6.45) is 3.70. The van der Waals surface area contributed by atoms with Crippen molar-refractivity contribution in [3.8, 4) is 34.5 Å². The molecule has 1 aliphatic heterocycles. The number of fused-ring (bicyclic) bond motifs is 1. The lowest BCUT2D eigenvalue weighted by molar-refractivity contribution is -0.135. The SMILES string of the molecule is COc1cc(/C=C/c2cc(O)cc3c2[C@@H](c2ccc(O)c(OC)c2)CC(=O)O3)ccc1O. The first-order valence-corrected chi connectivity index (χ1v) is 9.89. The van der Waals surface area contributed by atoms with Gasteiger partial charge in [-0.1, -0.05) is 24.3 Å². The summed E-state index contributed by atoms with van der Waals surface area (Å²) < 4.78 is 15.8. The van der Waals surface area contributed by atoms with Gasteiger partial charge in [0.2, 0.25) is 0 Å². The van der Waals surface area contributed by atoms with Crippen LogP contribution in [0.15, 0.2) is 48.5 Å². The van der Waals surface area contributed by atoms with Crippen LogP contribution >= 0.6 is 0 Å². The molecule has 1 heterocycles. The molecular formula is C25H22O7. The van der Waals surface area contributed by atoms with E-state index in [1.54, 1.807) is 36.4 Å². The first kappa shape index (κ1) is 21.1. The van der Waals surface area contributed by atoms with Crippen molar-refractivity contribution in [2.45, 2.75) is 12.3 Å². The second kappa shape index (κ2) is 8.55. The van der Waals surface area contributed by atoms with Gasteiger partial charge >= 0.3 is 5.97 Å². The predicted molar refractivity (Wildman–Crippen MR) is 118 cm³/mol. The van der Waals surface area contributed by atoms with Crippen molar-refractivity contribution >= 4 is 18.1 Å². The van der Waals surface area contributed by atoms with Crippen LogP contribution < -0.4 is 14.2 Å². The third-order valence-electron chi connectivity index (χ3n) is 5.37. The van der Waals surface area contributed by atoms with Crippen molar-refractivity contribution in [1.29, 1.82) is 0 Å². The monoisotopic (exact) mass is 434 g/mol. The number of hydrogen-bond donors (Lipinski definition) is 3. The largest absolute Gasteiger partial charge is 0.508 e. The quantitative estimate of drug-likeness (QED) is 0.310. The maximum Gasteiger partial charge on any atom is 0.312 e. The summed E-state index contributed by atoms with van der Waals surface area (Å²) >= 11 is 0. The average molecular weight is 434 g/mol. The van der Waals surface area contributed by atoms with E-state index in [4.69, 9.17) is 14.2 Å². The van der Waals surface area contributed by atoms with Gasteiger partial charge < -0.3 is 29.5 Å². The normalized spacial score (nSPS) is 15.3. The minimum Gasteiger partial charge on any atom is -0.508 e. The average Bonchev–Trinajstić information content (AvgIpc) is 2.77. The Morgan fingerprint density at radius 2 is 1.59 bits per heavy atom. The van der Waals surface area contributed by atoms with Crippen LogP contribution in [-0.2, 0) is 4.79 Å². The van der Waals surface area contributed by atoms with Crippen LogP contribution in [0.1, 0.15) is 34.6 Å².